The fraction of sp³-hybridized carbons (Fsp3) is 0.750. The minimum atomic E-state index is -0.567. The summed E-state index contributed by atoms with van der Waals surface area (Å²) in [7, 11) is 3.01. The van der Waals surface area contributed by atoms with Gasteiger partial charge in [-0.05, 0) is 12.8 Å². The van der Waals surface area contributed by atoms with Crippen LogP contribution in [-0.2, 0) is 9.47 Å². The van der Waals surface area contributed by atoms with Crippen molar-refractivity contribution in [3.05, 3.63) is 12.7 Å². The molecule has 1 unspecified atom stereocenters. The minimum Gasteiger partial charge on any atom is -0.388 e. The summed E-state index contributed by atoms with van der Waals surface area (Å²) in [5.74, 6) is 0. The third-order valence-electron chi connectivity index (χ3n) is 1.45. The maximum absolute atomic E-state index is 9.34. The molecule has 0 fully saturated rings. The highest BCUT2D eigenvalue weighted by Crippen LogP contribution is 2.06. The molecule has 0 bridgehead atoms. The maximum atomic E-state index is 9.34. The Kier molecular flexibility index (Phi) is 6.12. The van der Waals surface area contributed by atoms with Gasteiger partial charge in [0.1, 0.15) is 6.10 Å². The zero-order valence-corrected chi connectivity index (χ0v) is 7.12. The number of aliphatic hydroxyl groups excluding tert-OH is 1. The van der Waals surface area contributed by atoms with E-state index < -0.39 is 12.4 Å². The summed E-state index contributed by atoms with van der Waals surface area (Å²) in [6.45, 7) is 3.55. The van der Waals surface area contributed by atoms with Crippen molar-refractivity contribution in [1.29, 1.82) is 0 Å². The quantitative estimate of drug-likeness (QED) is 0.464. The predicted octanol–water partition coefficient (Wildman–Crippen LogP) is 0.932. The summed E-state index contributed by atoms with van der Waals surface area (Å²) in [4.78, 5) is 0. The SMILES string of the molecule is C=CCCC(O)C(OC)OC. The van der Waals surface area contributed by atoms with Gasteiger partial charge in [-0.3, -0.25) is 0 Å². The van der Waals surface area contributed by atoms with Crippen LogP contribution in [-0.4, -0.2) is 31.7 Å². The molecule has 11 heavy (non-hydrogen) atoms. The molecule has 0 aliphatic rings. The lowest BCUT2D eigenvalue weighted by Gasteiger charge is -2.18. The second-order valence-corrected chi connectivity index (χ2v) is 2.27. The molecule has 0 heterocycles. The molecule has 0 aliphatic carbocycles. The average Bonchev–Trinajstić information content (AvgIpc) is 2.03. The normalized spacial score (nSPS) is 13.5. The van der Waals surface area contributed by atoms with Crippen molar-refractivity contribution in [2.45, 2.75) is 25.2 Å². The Morgan fingerprint density at radius 2 is 2.00 bits per heavy atom. The zero-order chi connectivity index (χ0) is 8.69. The Balaban J connectivity index is 3.59. The monoisotopic (exact) mass is 160 g/mol. The lowest BCUT2D eigenvalue weighted by atomic mass is 10.2. The van der Waals surface area contributed by atoms with Gasteiger partial charge in [0.2, 0.25) is 0 Å². The summed E-state index contributed by atoms with van der Waals surface area (Å²) >= 11 is 0. The van der Waals surface area contributed by atoms with Crippen LogP contribution < -0.4 is 0 Å². The van der Waals surface area contributed by atoms with Gasteiger partial charge in [-0.1, -0.05) is 6.08 Å². The van der Waals surface area contributed by atoms with E-state index in [0.29, 0.717) is 6.42 Å². The molecule has 0 aromatic rings. The molecule has 0 amide bonds. The van der Waals surface area contributed by atoms with Gasteiger partial charge in [-0.25, -0.2) is 0 Å². The Hall–Kier alpha value is -0.380. The van der Waals surface area contributed by atoms with E-state index in [4.69, 9.17) is 9.47 Å². The highest BCUT2D eigenvalue weighted by molar-refractivity contribution is 4.70. The van der Waals surface area contributed by atoms with Crippen LogP contribution in [0.25, 0.3) is 0 Å². The molecule has 1 N–H and O–H groups in total. The Morgan fingerprint density at radius 1 is 1.45 bits per heavy atom. The third kappa shape index (κ3) is 4.14. The second kappa shape index (κ2) is 6.34. The van der Waals surface area contributed by atoms with Crippen molar-refractivity contribution >= 4 is 0 Å². The number of methoxy groups -OCH3 is 2. The molecule has 0 saturated carbocycles. The first-order chi connectivity index (χ1) is 5.26. The molecular weight excluding hydrogens is 144 g/mol. The summed E-state index contributed by atoms with van der Waals surface area (Å²) in [5, 5.41) is 9.34. The van der Waals surface area contributed by atoms with Crippen LogP contribution in [0.15, 0.2) is 12.7 Å². The maximum Gasteiger partial charge on any atom is 0.182 e. The third-order valence-corrected chi connectivity index (χ3v) is 1.45. The molecule has 0 aromatic carbocycles. The molecule has 66 valence electrons. The highest BCUT2D eigenvalue weighted by Gasteiger charge is 2.16. The van der Waals surface area contributed by atoms with Crippen LogP contribution in [0.1, 0.15) is 12.8 Å². The Bertz CT molecular complexity index is 99.5. The van der Waals surface area contributed by atoms with E-state index in [1.165, 1.54) is 14.2 Å². The molecule has 0 aromatic heterocycles. The number of rotatable bonds is 6. The smallest absolute Gasteiger partial charge is 0.182 e. The summed E-state index contributed by atoms with van der Waals surface area (Å²) in [6.07, 6.45) is 2.06. The molecule has 0 spiro atoms. The minimum absolute atomic E-state index is 0.519. The van der Waals surface area contributed by atoms with Crippen molar-refractivity contribution in [2.24, 2.45) is 0 Å². The van der Waals surface area contributed by atoms with Gasteiger partial charge in [0.15, 0.2) is 6.29 Å². The standard InChI is InChI=1S/C8H16O3/c1-4-5-6-7(9)8(10-2)11-3/h4,7-9H,1,5-6H2,2-3H3. The molecule has 3 heteroatoms. The van der Waals surface area contributed by atoms with Crippen molar-refractivity contribution in [1.82, 2.24) is 0 Å². The van der Waals surface area contributed by atoms with E-state index in [2.05, 4.69) is 6.58 Å². The fourth-order valence-electron chi connectivity index (χ4n) is 0.835. The fourth-order valence-corrected chi connectivity index (χ4v) is 0.835. The van der Waals surface area contributed by atoms with Gasteiger partial charge in [-0.2, -0.15) is 0 Å². The zero-order valence-electron chi connectivity index (χ0n) is 7.12. The number of hydrogen-bond donors (Lipinski definition) is 1. The Labute approximate surface area is 67.6 Å². The van der Waals surface area contributed by atoms with Crippen LogP contribution >= 0.6 is 0 Å². The molecule has 1 atom stereocenters. The van der Waals surface area contributed by atoms with E-state index in [-0.39, 0.29) is 0 Å². The van der Waals surface area contributed by atoms with E-state index in [1.807, 2.05) is 0 Å². The van der Waals surface area contributed by atoms with Crippen molar-refractivity contribution in [2.75, 3.05) is 14.2 Å². The van der Waals surface area contributed by atoms with Crippen LogP contribution in [0.5, 0.6) is 0 Å². The van der Waals surface area contributed by atoms with Crippen molar-refractivity contribution in [3.63, 3.8) is 0 Å². The van der Waals surface area contributed by atoms with Gasteiger partial charge in [0.05, 0.1) is 0 Å². The summed E-state index contributed by atoms with van der Waals surface area (Å²) < 4.78 is 9.70. The molecule has 0 saturated heterocycles. The van der Waals surface area contributed by atoms with Gasteiger partial charge in [-0.15, -0.1) is 6.58 Å². The lowest BCUT2D eigenvalue weighted by molar-refractivity contribution is -0.165. The largest absolute Gasteiger partial charge is 0.388 e. The lowest BCUT2D eigenvalue weighted by Crippen LogP contribution is -2.29. The first-order valence-electron chi connectivity index (χ1n) is 3.60. The molecule has 0 radical (unpaired) electrons. The van der Waals surface area contributed by atoms with Crippen LogP contribution in [0, 0.1) is 0 Å². The van der Waals surface area contributed by atoms with E-state index in [1.54, 1.807) is 6.08 Å². The number of allylic oxidation sites excluding steroid dienone is 1. The highest BCUT2D eigenvalue weighted by atomic mass is 16.7. The molecular formula is C8H16O3. The van der Waals surface area contributed by atoms with Crippen LogP contribution in [0.3, 0.4) is 0 Å². The number of hydrogen-bond acceptors (Lipinski definition) is 3. The molecule has 0 rings (SSSR count). The van der Waals surface area contributed by atoms with Gasteiger partial charge in [0.25, 0.3) is 0 Å². The van der Waals surface area contributed by atoms with Gasteiger partial charge in [0, 0.05) is 14.2 Å². The first-order valence-corrected chi connectivity index (χ1v) is 3.60. The number of aliphatic hydroxyl groups is 1. The van der Waals surface area contributed by atoms with E-state index in [9.17, 15) is 5.11 Å². The van der Waals surface area contributed by atoms with Crippen LogP contribution in [0.4, 0.5) is 0 Å². The Morgan fingerprint density at radius 3 is 2.36 bits per heavy atom. The topological polar surface area (TPSA) is 38.7 Å². The summed E-state index contributed by atoms with van der Waals surface area (Å²) in [5.41, 5.74) is 0. The van der Waals surface area contributed by atoms with Crippen molar-refractivity contribution < 1.29 is 14.6 Å². The van der Waals surface area contributed by atoms with Crippen LogP contribution in [0.2, 0.25) is 0 Å². The molecule has 3 nitrogen and oxygen atoms in total. The molecule has 0 aliphatic heterocycles. The van der Waals surface area contributed by atoms with Gasteiger partial charge >= 0.3 is 0 Å². The number of ether oxygens (including phenoxy) is 2. The van der Waals surface area contributed by atoms with Crippen molar-refractivity contribution in [3.8, 4) is 0 Å². The van der Waals surface area contributed by atoms with Gasteiger partial charge < -0.3 is 14.6 Å². The average molecular weight is 160 g/mol. The second-order valence-electron chi connectivity index (χ2n) is 2.27. The summed E-state index contributed by atoms with van der Waals surface area (Å²) in [6, 6.07) is 0. The van der Waals surface area contributed by atoms with E-state index in [0.717, 1.165) is 6.42 Å². The van der Waals surface area contributed by atoms with E-state index >= 15 is 0 Å². The first kappa shape index (κ1) is 10.6. The predicted molar refractivity (Wildman–Crippen MR) is 43.2 cm³/mol.